The van der Waals surface area contributed by atoms with E-state index in [9.17, 15) is 4.79 Å². The number of nitrogens with one attached hydrogen (secondary N) is 1. The normalized spacial score (nSPS) is 10.4. The predicted molar refractivity (Wildman–Crippen MR) is 53.2 cm³/mol. The maximum absolute atomic E-state index is 11.4. The molecular weight excluding hydrogens is 178 g/mol. The van der Waals surface area contributed by atoms with E-state index in [-0.39, 0.29) is 5.91 Å². The molecule has 0 saturated carbocycles. The molecule has 2 heterocycles. The van der Waals surface area contributed by atoms with Crippen LogP contribution in [0.1, 0.15) is 17.4 Å². The van der Waals surface area contributed by atoms with Gasteiger partial charge in [0.05, 0.1) is 0 Å². The number of pyridine rings is 1. The van der Waals surface area contributed by atoms with Crippen LogP contribution in [0, 0.1) is 0 Å². The Morgan fingerprint density at radius 1 is 1.57 bits per heavy atom. The van der Waals surface area contributed by atoms with Gasteiger partial charge in [-0.05, 0) is 19.1 Å². The van der Waals surface area contributed by atoms with Crippen molar-refractivity contribution < 1.29 is 4.79 Å². The SMILES string of the molecule is CCNC(=O)c1cn2ccccc2n1. The van der Waals surface area contributed by atoms with Crippen LogP contribution in [0.2, 0.25) is 0 Å². The number of rotatable bonds is 2. The van der Waals surface area contributed by atoms with E-state index in [1.807, 2.05) is 35.7 Å². The molecule has 0 aromatic carbocycles. The van der Waals surface area contributed by atoms with E-state index in [0.717, 1.165) is 5.65 Å². The molecule has 4 heteroatoms. The highest BCUT2D eigenvalue weighted by atomic mass is 16.1. The molecule has 4 nitrogen and oxygen atoms in total. The molecule has 0 spiro atoms. The largest absolute Gasteiger partial charge is 0.351 e. The summed E-state index contributed by atoms with van der Waals surface area (Å²) in [6.07, 6.45) is 3.59. The summed E-state index contributed by atoms with van der Waals surface area (Å²) in [6, 6.07) is 5.66. The van der Waals surface area contributed by atoms with Crippen molar-refractivity contribution in [3.63, 3.8) is 0 Å². The Labute approximate surface area is 81.6 Å². The summed E-state index contributed by atoms with van der Waals surface area (Å²) in [6.45, 7) is 2.50. The Hall–Kier alpha value is -1.84. The zero-order chi connectivity index (χ0) is 9.97. The highest BCUT2D eigenvalue weighted by molar-refractivity contribution is 5.92. The Bertz CT molecular complexity index is 428. The Morgan fingerprint density at radius 3 is 3.14 bits per heavy atom. The molecule has 1 N–H and O–H groups in total. The summed E-state index contributed by atoms with van der Waals surface area (Å²) in [7, 11) is 0. The molecule has 0 unspecified atom stereocenters. The zero-order valence-electron chi connectivity index (χ0n) is 7.90. The number of fused-ring (bicyclic) bond motifs is 1. The van der Waals surface area contributed by atoms with E-state index in [1.165, 1.54) is 0 Å². The van der Waals surface area contributed by atoms with Crippen LogP contribution in [0.15, 0.2) is 30.6 Å². The van der Waals surface area contributed by atoms with Gasteiger partial charge in [0.1, 0.15) is 11.3 Å². The molecule has 0 aliphatic rings. The third-order valence-corrected chi connectivity index (χ3v) is 1.93. The van der Waals surface area contributed by atoms with Gasteiger partial charge in [-0.25, -0.2) is 4.98 Å². The molecule has 2 aromatic heterocycles. The lowest BCUT2D eigenvalue weighted by atomic mass is 10.4. The summed E-state index contributed by atoms with van der Waals surface area (Å²) in [5.41, 5.74) is 1.24. The van der Waals surface area contributed by atoms with E-state index in [0.29, 0.717) is 12.2 Å². The van der Waals surface area contributed by atoms with E-state index < -0.39 is 0 Å². The summed E-state index contributed by atoms with van der Waals surface area (Å²) < 4.78 is 1.82. The van der Waals surface area contributed by atoms with Crippen LogP contribution in [-0.2, 0) is 0 Å². The molecule has 0 aliphatic carbocycles. The van der Waals surface area contributed by atoms with Gasteiger partial charge < -0.3 is 9.72 Å². The molecule has 0 bridgehead atoms. The minimum absolute atomic E-state index is 0.129. The van der Waals surface area contributed by atoms with Crippen molar-refractivity contribution >= 4 is 11.6 Å². The minimum Gasteiger partial charge on any atom is -0.351 e. The Kier molecular flexibility index (Phi) is 2.18. The van der Waals surface area contributed by atoms with Crippen LogP contribution in [0.25, 0.3) is 5.65 Å². The first kappa shape index (κ1) is 8.74. The van der Waals surface area contributed by atoms with Gasteiger partial charge in [0.25, 0.3) is 5.91 Å². The van der Waals surface area contributed by atoms with Crippen LogP contribution in [0.4, 0.5) is 0 Å². The molecule has 1 amide bonds. The lowest BCUT2D eigenvalue weighted by Crippen LogP contribution is -2.22. The van der Waals surface area contributed by atoms with Gasteiger partial charge >= 0.3 is 0 Å². The minimum atomic E-state index is -0.129. The van der Waals surface area contributed by atoms with Crippen molar-refractivity contribution in [3.8, 4) is 0 Å². The number of amides is 1. The Morgan fingerprint density at radius 2 is 2.43 bits per heavy atom. The first-order chi connectivity index (χ1) is 6.81. The highest BCUT2D eigenvalue weighted by Crippen LogP contribution is 2.03. The maximum Gasteiger partial charge on any atom is 0.271 e. The molecule has 0 aliphatic heterocycles. The van der Waals surface area contributed by atoms with Crippen LogP contribution < -0.4 is 5.32 Å². The van der Waals surface area contributed by atoms with Crippen LogP contribution in [0.3, 0.4) is 0 Å². The fraction of sp³-hybridized carbons (Fsp3) is 0.200. The number of aromatic nitrogens is 2. The second-order valence-corrected chi connectivity index (χ2v) is 2.95. The molecule has 0 saturated heterocycles. The molecule has 2 rings (SSSR count). The Balaban J connectivity index is 2.40. The third kappa shape index (κ3) is 1.46. The van der Waals surface area contributed by atoms with Crippen molar-refractivity contribution in [2.24, 2.45) is 0 Å². The number of imidazole rings is 1. The molecular formula is C10H11N3O. The smallest absolute Gasteiger partial charge is 0.271 e. The first-order valence-corrected chi connectivity index (χ1v) is 4.53. The van der Waals surface area contributed by atoms with E-state index >= 15 is 0 Å². The monoisotopic (exact) mass is 189 g/mol. The fourth-order valence-electron chi connectivity index (χ4n) is 1.30. The third-order valence-electron chi connectivity index (χ3n) is 1.93. The fourth-order valence-corrected chi connectivity index (χ4v) is 1.30. The van der Waals surface area contributed by atoms with Gasteiger partial charge in [0.2, 0.25) is 0 Å². The number of nitrogens with zero attached hydrogens (tertiary/aromatic N) is 2. The maximum atomic E-state index is 11.4. The summed E-state index contributed by atoms with van der Waals surface area (Å²) in [4.78, 5) is 15.6. The molecule has 2 aromatic rings. The van der Waals surface area contributed by atoms with Gasteiger partial charge in [-0.1, -0.05) is 6.07 Å². The lowest BCUT2D eigenvalue weighted by Gasteiger charge is -1.95. The highest BCUT2D eigenvalue weighted by Gasteiger charge is 2.08. The second kappa shape index (κ2) is 3.49. The van der Waals surface area contributed by atoms with Gasteiger partial charge in [0, 0.05) is 18.9 Å². The van der Waals surface area contributed by atoms with Crippen molar-refractivity contribution in [3.05, 3.63) is 36.3 Å². The number of hydrogen-bond acceptors (Lipinski definition) is 2. The van der Waals surface area contributed by atoms with E-state index in [1.54, 1.807) is 6.20 Å². The van der Waals surface area contributed by atoms with Gasteiger partial charge in [-0.2, -0.15) is 0 Å². The lowest BCUT2D eigenvalue weighted by molar-refractivity contribution is 0.0951. The number of carbonyl (C=O) groups excluding carboxylic acids is 1. The van der Waals surface area contributed by atoms with Crippen LogP contribution in [0.5, 0.6) is 0 Å². The summed E-state index contributed by atoms with van der Waals surface area (Å²) in [5, 5.41) is 2.71. The molecule has 0 atom stereocenters. The molecule has 0 fully saturated rings. The molecule has 14 heavy (non-hydrogen) atoms. The van der Waals surface area contributed by atoms with E-state index in [4.69, 9.17) is 0 Å². The van der Waals surface area contributed by atoms with Gasteiger partial charge in [-0.3, -0.25) is 4.79 Å². The quantitative estimate of drug-likeness (QED) is 0.768. The standard InChI is InChI=1S/C10H11N3O/c1-2-11-10(14)8-7-13-6-4-3-5-9(13)12-8/h3-7H,2H2,1H3,(H,11,14). The van der Waals surface area contributed by atoms with Gasteiger partial charge in [-0.15, -0.1) is 0 Å². The van der Waals surface area contributed by atoms with Crippen molar-refractivity contribution in [1.82, 2.24) is 14.7 Å². The van der Waals surface area contributed by atoms with Crippen LogP contribution >= 0.6 is 0 Å². The van der Waals surface area contributed by atoms with E-state index in [2.05, 4.69) is 10.3 Å². The predicted octanol–water partition coefficient (Wildman–Crippen LogP) is 1.08. The van der Waals surface area contributed by atoms with Crippen molar-refractivity contribution in [2.45, 2.75) is 6.92 Å². The van der Waals surface area contributed by atoms with Crippen molar-refractivity contribution in [2.75, 3.05) is 6.54 Å². The summed E-state index contributed by atoms with van der Waals surface area (Å²) >= 11 is 0. The van der Waals surface area contributed by atoms with Gasteiger partial charge in [0.15, 0.2) is 0 Å². The summed E-state index contributed by atoms with van der Waals surface area (Å²) in [5.74, 6) is -0.129. The molecule has 0 radical (unpaired) electrons. The average Bonchev–Trinajstić information content (AvgIpc) is 2.61. The van der Waals surface area contributed by atoms with Crippen molar-refractivity contribution in [1.29, 1.82) is 0 Å². The topological polar surface area (TPSA) is 46.4 Å². The number of carbonyl (C=O) groups is 1. The zero-order valence-corrected chi connectivity index (χ0v) is 7.90. The first-order valence-electron chi connectivity index (χ1n) is 4.53. The number of hydrogen-bond donors (Lipinski definition) is 1. The second-order valence-electron chi connectivity index (χ2n) is 2.95. The average molecular weight is 189 g/mol. The van der Waals surface area contributed by atoms with Crippen LogP contribution in [-0.4, -0.2) is 21.8 Å². The molecule has 72 valence electrons.